The van der Waals surface area contributed by atoms with Gasteiger partial charge in [0.05, 0.1) is 12.1 Å². The first-order valence-electron chi connectivity index (χ1n) is 8.41. The number of carbonyl (C=O) groups is 1. The van der Waals surface area contributed by atoms with Gasteiger partial charge in [0.2, 0.25) is 5.91 Å². The van der Waals surface area contributed by atoms with Gasteiger partial charge in [0.15, 0.2) is 0 Å². The van der Waals surface area contributed by atoms with Crippen LogP contribution in [0.2, 0.25) is 5.02 Å². The Morgan fingerprint density at radius 3 is 2.64 bits per heavy atom. The van der Waals surface area contributed by atoms with Gasteiger partial charge in [0.25, 0.3) is 0 Å². The molecule has 2 aromatic carbocycles. The minimum absolute atomic E-state index is 0.379. The number of amides is 1. The molecule has 128 valence electrons. The highest BCUT2D eigenvalue weighted by Crippen LogP contribution is 2.34. The molecular formula is C20H20ClN3O. The number of rotatable bonds is 4. The number of nitriles is 1. The Kier molecular flexibility index (Phi) is 5.37. The lowest BCUT2D eigenvalue weighted by Crippen LogP contribution is -2.49. The van der Waals surface area contributed by atoms with E-state index in [-0.39, 0.29) is 5.91 Å². The number of nitrogens with two attached hydrogens (primary N) is 1. The van der Waals surface area contributed by atoms with Gasteiger partial charge in [0, 0.05) is 17.1 Å². The summed E-state index contributed by atoms with van der Waals surface area (Å²) in [5, 5.41) is 10.3. The Morgan fingerprint density at radius 1 is 1.20 bits per heavy atom. The zero-order valence-electron chi connectivity index (χ0n) is 13.9. The summed E-state index contributed by atoms with van der Waals surface area (Å²) in [6.07, 6.45) is 2.57. The largest absolute Gasteiger partial charge is 0.368 e. The third-order valence-electron chi connectivity index (χ3n) is 4.72. The van der Waals surface area contributed by atoms with E-state index in [2.05, 4.69) is 6.07 Å². The number of nitrogens with zero attached hydrogens (tertiary/aromatic N) is 2. The van der Waals surface area contributed by atoms with E-state index in [0.717, 1.165) is 29.5 Å². The minimum atomic E-state index is -0.589. The molecule has 2 atom stereocenters. The van der Waals surface area contributed by atoms with Crippen molar-refractivity contribution >= 4 is 17.5 Å². The molecule has 0 spiro atoms. The van der Waals surface area contributed by atoms with E-state index >= 15 is 0 Å². The van der Waals surface area contributed by atoms with Crippen molar-refractivity contribution in [2.24, 2.45) is 5.73 Å². The standard InChI is InChI=1S/C20H20ClN3O/c21-17-10-9-15(14-6-2-1-3-7-14)12-16(17)19(13-22)24-11-5-4-8-18(24)20(23)25/h1-3,6-7,9-10,12,18-19H,4-5,8,11H2,(H2,23,25). The number of hydrogen-bond donors (Lipinski definition) is 1. The maximum atomic E-state index is 11.8. The first-order valence-corrected chi connectivity index (χ1v) is 8.79. The molecule has 5 heteroatoms. The summed E-state index contributed by atoms with van der Waals surface area (Å²) in [6, 6.07) is 16.9. The summed E-state index contributed by atoms with van der Waals surface area (Å²) in [4.78, 5) is 13.7. The highest BCUT2D eigenvalue weighted by atomic mass is 35.5. The fourth-order valence-electron chi connectivity index (χ4n) is 3.45. The number of likely N-dealkylation sites (tertiary alicyclic amines) is 1. The van der Waals surface area contributed by atoms with E-state index in [1.54, 1.807) is 0 Å². The molecule has 1 saturated heterocycles. The third kappa shape index (κ3) is 3.68. The maximum absolute atomic E-state index is 11.8. The van der Waals surface area contributed by atoms with Crippen LogP contribution in [0.5, 0.6) is 0 Å². The number of piperidine rings is 1. The Morgan fingerprint density at radius 2 is 1.96 bits per heavy atom. The zero-order valence-corrected chi connectivity index (χ0v) is 14.6. The second kappa shape index (κ2) is 7.69. The molecule has 1 amide bonds. The average molecular weight is 354 g/mol. The second-order valence-electron chi connectivity index (χ2n) is 6.29. The van der Waals surface area contributed by atoms with Gasteiger partial charge in [0.1, 0.15) is 6.04 Å². The molecule has 1 fully saturated rings. The van der Waals surface area contributed by atoms with Crippen molar-refractivity contribution in [3.05, 3.63) is 59.1 Å². The van der Waals surface area contributed by atoms with Gasteiger partial charge in [-0.05, 0) is 36.1 Å². The fourth-order valence-corrected chi connectivity index (χ4v) is 3.68. The summed E-state index contributed by atoms with van der Waals surface area (Å²) < 4.78 is 0. The number of carbonyl (C=O) groups excluding carboxylic acids is 1. The first-order chi connectivity index (χ1) is 12.1. The highest BCUT2D eigenvalue weighted by molar-refractivity contribution is 6.31. The lowest BCUT2D eigenvalue weighted by molar-refractivity contribution is -0.125. The van der Waals surface area contributed by atoms with Crippen LogP contribution in [-0.4, -0.2) is 23.4 Å². The maximum Gasteiger partial charge on any atom is 0.234 e. The molecule has 2 unspecified atom stereocenters. The monoisotopic (exact) mass is 353 g/mol. The van der Waals surface area contributed by atoms with E-state index in [0.29, 0.717) is 18.0 Å². The summed E-state index contributed by atoms with van der Waals surface area (Å²) in [7, 11) is 0. The van der Waals surface area contributed by atoms with Crippen molar-refractivity contribution in [3.63, 3.8) is 0 Å². The summed E-state index contributed by atoms with van der Waals surface area (Å²) in [6.45, 7) is 0.664. The second-order valence-corrected chi connectivity index (χ2v) is 6.69. The van der Waals surface area contributed by atoms with Crippen LogP contribution in [0.15, 0.2) is 48.5 Å². The Hall–Kier alpha value is -2.35. The van der Waals surface area contributed by atoms with Gasteiger partial charge < -0.3 is 5.73 Å². The molecular weight excluding hydrogens is 334 g/mol. The van der Waals surface area contributed by atoms with E-state index in [1.807, 2.05) is 53.4 Å². The number of halogens is 1. The lowest BCUT2D eigenvalue weighted by Gasteiger charge is -2.37. The van der Waals surface area contributed by atoms with Crippen LogP contribution in [0.1, 0.15) is 30.9 Å². The van der Waals surface area contributed by atoms with Gasteiger partial charge in [-0.1, -0.05) is 54.4 Å². The predicted octanol–water partition coefficient (Wildman–Crippen LogP) is 3.91. The molecule has 1 aliphatic heterocycles. The topological polar surface area (TPSA) is 70.1 Å². The Labute approximate surface area is 152 Å². The average Bonchev–Trinajstić information content (AvgIpc) is 2.65. The van der Waals surface area contributed by atoms with E-state index in [4.69, 9.17) is 17.3 Å². The molecule has 25 heavy (non-hydrogen) atoms. The van der Waals surface area contributed by atoms with Crippen molar-refractivity contribution < 1.29 is 4.79 Å². The molecule has 2 aromatic rings. The third-order valence-corrected chi connectivity index (χ3v) is 5.07. The molecule has 2 N–H and O–H groups in total. The molecule has 0 aromatic heterocycles. The van der Waals surface area contributed by atoms with Gasteiger partial charge in [-0.15, -0.1) is 0 Å². The lowest BCUT2D eigenvalue weighted by atomic mass is 9.94. The van der Waals surface area contributed by atoms with Crippen LogP contribution in [0.4, 0.5) is 0 Å². The molecule has 4 nitrogen and oxygen atoms in total. The number of hydrogen-bond acceptors (Lipinski definition) is 3. The van der Waals surface area contributed by atoms with Crippen molar-refractivity contribution in [1.82, 2.24) is 4.90 Å². The van der Waals surface area contributed by atoms with Crippen LogP contribution in [0.25, 0.3) is 11.1 Å². The van der Waals surface area contributed by atoms with Crippen molar-refractivity contribution in [1.29, 1.82) is 5.26 Å². The van der Waals surface area contributed by atoms with Crippen molar-refractivity contribution in [2.75, 3.05) is 6.54 Å². The zero-order chi connectivity index (χ0) is 17.8. The minimum Gasteiger partial charge on any atom is -0.368 e. The van der Waals surface area contributed by atoms with E-state index in [9.17, 15) is 10.1 Å². The SMILES string of the molecule is N#CC(c1cc(-c2ccccc2)ccc1Cl)N1CCCCC1C(N)=O. The number of benzene rings is 2. The van der Waals surface area contributed by atoms with Gasteiger partial charge in [-0.25, -0.2) is 0 Å². The Balaban J connectivity index is 2.01. The molecule has 1 aliphatic rings. The molecule has 1 heterocycles. The number of primary amides is 1. The summed E-state index contributed by atoms with van der Waals surface area (Å²) in [5.41, 5.74) is 8.34. The smallest absolute Gasteiger partial charge is 0.234 e. The fraction of sp³-hybridized carbons (Fsp3) is 0.300. The summed E-state index contributed by atoms with van der Waals surface area (Å²) in [5.74, 6) is -0.379. The van der Waals surface area contributed by atoms with Gasteiger partial charge in [-0.3, -0.25) is 9.69 Å². The van der Waals surface area contributed by atoms with Gasteiger partial charge in [-0.2, -0.15) is 5.26 Å². The summed E-state index contributed by atoms with van der Waals surface area (Å²) >= 11 is 6.41. The van der Waals surface area contributed by atoms with Crippen molar-refractivity contribution in [2.45, 2.75) is 31.3 Å². The molecule has 0 saturated carbocycles. The predicted molar refractivity (Wildman–Crippen MR) is 98.8 cm³/mol. The van der Waals surface area contributed by atoms with E-state index in [1.165, 1.54) is 0 Å². The van der Waals surface area contributed by atoms with Crippen LogP contribution >= 0.6 is 11.6 Å². The van der Waals surface area contributed by atoms with Gasteiger partial charge >= 0.3 is 0 Å². The molecule has 0 radical (unpaired) electrons. The first kappa shape index (κ1) is 17.5. The van der Waals surface area contributed by atoms with Crippen LogP contribution in [0.3, 0.4) is 0 Å². The molecule has 3 rings (SSSR count). The van der Waals surface area contributed by atoms with Crippen molar-refractivity contribution in [3.8, 4) is 17.2 Å². The normalized spacial score (nSPS) is 19.1. The quantitative estimate of drug-likeness (QED) is 0.905. The van der Waals surface area contributed by atoms with Crippen LogP contribution in [0, 0.1) is 11.3 Å². The highest BCUT2D eigenvalue weighted by Gasteiger charge is 2.34. The Bertz CT molecular complexity index is 800. The molecule has 0 aliphatic carbocycles. The van der Waals surface area contributed by atoms with Crippen LogP contribution < -0.4 is 5.73 Å². The van der Waals surface area contributed by atoms with Crippen LogP contribution in [-0.2, 0) is 4.79 Å². The molecule has 0 bridgehead atoms. The van der Waals surface area contributed by atoms with E-state index < -0.39 is 12.1 Å².